The van der Waals surface area contributed by atoms with E-state index in [1.54, 1.807) is 0 Å². The summed E-state index contributed by atoms with van der Waals surface area (Å²) in [5.41, 5.74) is 1.94. The molecule has 2 aliphatic rings. The Labute approximate surface area is 243 Å². The summed E-state index contributed by atoms with van der Waals surface area (Å²) >= 11 is 5.99. The van der Waals surface area contributed by atoms with Crippen LogP contribution in [0.25, 0.3) is 11.4 Å². The zero-order valence-electron chi connectivity index (χ0n) is 23.8. The van der Waals surface area contributed by atoms with Gasteiger partial charge in [-0.1, -0.05) is 42.7 Å². The third-order valence-corrected chi connectivity index (χ3v) is 7.55. The number of aryl methyl sites for hydroxylation is 1. The molecule has 13 heteroatoms. The molecule has 2 aromatic rings. The monoisotopic (exact) mass is 588 g/mol. The molecule has 12 nitrogen and oxygen atoms in total. The van der Waals surface area contributed by atoms with Crippen LogP contribution in [0.15, 0.2) is 24.3 Å². The lowest BCUT2D eigenvalue weighted by molar-refractivity contribution is -0.239. The van der Waals surface area contributed by atoms with Crippen LogP contribution in [-0.4, -0.2) is 69.1 Å². The minimum Gasteiger partial charge on any atom is -0.463 e. The first-order valence-electron chi connectivity index (χ1n) is 13.6. The van der Waals surface area contributed by atoms with Crippen molar-refractivity contribution in [3.05, 3.63) is 34.6 Å². The van der Waals surface area contributed by atoms with Crippen LogP contribution in [0.3, 0.4) is 0 Å². The minimum absolute atomic E-state index is 0.116. The maximum absolute atomic E-state index is 12.4. The summed E-state index contributed by atoms with van der Waals surface area (Å²) in [6.45, 7) is 6.63. The van der Waals surface area contributed by atoms with Gasteiger partial charge in [0.05, 0.1) is 0 Å². The van der Waals surface area contributed by atoms with Crippen molar-refractivity contribution in [3.8, 4) is 11.4 Å². The van der Waals surface area contributed by atoms with Crippen molar-refractivity contribution >= 4 is 36.0 Å². The lowest BCUT2D eigenvalue weighted by Crippen LogP contribution is -2.64. The SMILES string of the molecule is CC(=O)N[C@@H]1[C@@H](OC(C)=O)[C@H](OC(C)=O)[C@@H](COC(C)=O)O[C@H]1n1nc(-c2ccc(C)cc2)n(C2CCCC2)c1=S. The van der Waals surface area contributed by atoms with E-state index >= 15 is 0 Å². The largest absolute Gasteiger partial charge is 0.463 e. The van der Waals surface area contributed by atoms with Crippen molar-refractivity contribution in [2.75, 3.05) is 6.61 Å². The molecule has 1 saturated carbocycles. The maximum atomic E-state index is 12.4. The van der Waals surface area contributed by atoms with E-state index in [9.17, 15) is 19.2 Å². The molecule has 1 aliphatic heterocycles. The summed E-state index contributed by atoms with van der Waals surface area (Å²) in [5.74, 6) is -1.73. The molecule has 0 bridgehead atoms. The molecule has 222 valence electrons. The lowest BCUT2D eigenvalue weighted by Gasteiger charge is -2.45. The summed E-state index contributed by atoms with van der Waals surface area (Å²) < 4.78 is 26.6. The molecule has 1 aromatic heterocycles. The van der Waals surface area contributed by atoms with Gasteiger partial charge in [-0.05, 0) is 32.0 Å². The highest BCUT2D eigenvalue weighted by molar-refractivity contribution is 7.71. The van der Waals surface area contributed by atoms with Gasteiger partial charge in [-0.2, -0.15) is 0 Å². The van der Waals surface area contributed by atoms with E-state index in [1.165, 1.54) is 32.4 Å². The Morgan fingerprint density at radius 1 is 0.976 bits per heavy atom. The Morgan fingerprint density at radius 3 is 2.15 bits per heavy atom. The normalized spacial score (nSPS) is 24.5. The van der Waals surface area contributed by atoms with Crippen molar-refractivity contribution in [3.63, 3.8) is 0 Å². The number of carbonyl (C=O) groups excluding carboxylic acids is 4. The van der Waals surface area contributed by atoms with Crippen molar-refractivity contribution in [2.45, 2.75) is 96.9 Å². The second kappa shape index (κ2) is 12.9. The molecule has 1 aliphatic carbocycles. The molecule has 0 radical (unpaired) electrons. The van der Waals surface area contributed by atoms with Gasteiger partial charge in [-0.3, -0.25) is 23.7 Å². The molecule has 1 saturated heterocycles. The number of hydrogen-bond donors (Lipinski definition) is 1. The maximum Gasteiger partial charge on any atom is 0.303 e. The smallest absolute Gasteiger partial charge is 0.303 e. The van der Waals surface area contributed by atoms with Gasteiger partial charge >= 0.3 is 17.9 Å². The number of hydrogen-bond acceptors (Lipinski definition) is 10. The van der Waals surface area contributed by atoms with Gasteiger partial charge in [-0.15, -0.1) is 5.10 Å². The van der Waals surface area contributed by atoms with Gasteiger partial charge < -0.3 is 24.3 Å². The molecular weight excluding hydrogens is 552 g/mol. The number of esters is 3. The number of benzene rings is 1. The molecule has 1 aromatic carbocycles. The van der Waals surface area contributed by atoms with Crippen LogP contribution in [0.2, 0.25) is 0 Å². The van der Waals surface area contributed by atoms with Crippen molar-refractivity contribution in [1.29, 1.82) is 0 Å². The van der Waals surface area contributed by atoms with Crippen molar-refractivity contribution in [1.82, 2.24) is 19.7 Å². The van der Waals surface area contributed by atoms with Crippen LogP contribution in [0, 0.1) is 11.7 Å². The molecule has 5 atom stereocenters. The first-order chi connectivity index (χ1) is 19.5. The van der Waals surface area contributed by atoms with Gasteiger partial charge in [-0.25, -0.2) is 4.68 Å². The lowest BCUT2D eigenvalue weighted by atomic mass is 9.95. The highest BCUT2D eigenvalue weighted by Gasteiger charge is 2.52. The molecule has 0 unspecified atom stereocenters. The molecular formula is C28H36N4O8S. The topological polar surface area (TPSA) is 140 Å². The summed E-state index contributed by atoms with van der Waals surface area (Å²) in [6, 6.07) is 6.98. The standard InChI is InChI=1S/C28H36N4O8S/c1-15-10-12-20(13-11-15)26-30-32(28(41)31(26)21-8-6-7-9-21)27-23(29-16(2)33)25(39-19(5)36)24(38-18(4)35)22(40-27)14-37-17(3)34/h10-13,21-25,27H,6-9,14H2,1-5H3,(H,29,33)/t22-,23-,24-,25-,27-/m1/s1. The van der Waals surface area contributed by atoms with E-state index < -0.39 is 54.4 Å². The Hall–Kier alpha value is -3.58. The van der Waals surface area contributed by atoms with Gasteiger partial charge in [0.2, 0.25) is 10.7 Å². The Kier molecular flexibility index (Phi) is 9.59. The molecule has 2 fully saturated rings. The number of carbonyl (C=O) groups is 4. The molecule has 1 N–H and O–H groups in total. The highest BCUT2D eigenvalue weighted by atomic mass is 32.1. The second-order valence-corrected chi connectivity index (χ2v) is 10.8. The van der Waals surface area contributed by atoms with Crippen LogP contribution in [0.5, 0.6) is 0 Å². The van der Waals surface area contributed by atoms with Gasteiger partial charge in [0, 0.05) is 39.3 Å². The van der Waals surface area contributed by atoms with Gasteiger partial charge in [0.15, 0.2) is 24.3 Å². The van der Waals surface area contributed by atoms with E-state index in [4.69, 9.17) is 36.3 Å². The fourth-order valence-electron chi connectivity index (χ4n) is 5.47. The number of rotatable bonds is 8. The van der Waals surface area contributed by atoms with Crippen LogP contribution in [0.1, 0.15) is 71.2 Å². The van der Waals surface area contributed by atoms with Gasteiger partial charge in [0.1, 0.15) is 18.8 Å². The van der Waals surface area contributed by atoms with E-state index in [-0.39, 0.29) is 12.6 Å². The highest BCUT2D eigenvalue weighted by Crippen LogP contribution is 2.37. The molecule has 1 amide bonds. The average molecular weight is 589 g/mol. The quantitative estimate of drug-likeness (QED) is 0.277. The van der Waals surface area contributed by atoms with E-state index in [1.807, 2.05) is 35.8 Å². The Balaban J connectivity index is 1.88. The Morgan fingerprint density at radius 2 is 1.59 bits per heavy atom. The van der Waals surface area contributed by atoms with Crippen LogP contribution >= 0.6 is 12.2 Å². The zero-order valence-corrected chi connectivity index (χ0v) is 24.6. The predicted molar refractivity (Wildman–Crippen MR) is 148 cm³/mol. The summed E-state index contributed by atoms with van der Waals surface area (Å²) in [6.07, 6.45) is -0.602. The fourth-order valence-corrected chi connectivity index (χ4v) is 5.85. The molecule has 2 heterocycles. The first-order valence-corrected chi connectivity index (χ1v) is 14.1. The summed E-state index contributed by atoms with van der Waals surface area (Å²) in [4.78, 5) is 48.5. The number of nitrogens with zero attached hydrogens (tertiary/aromatic N) is 3. The molecule has 4 rings (SSSR count). The fraction of sp³-hybridized carbons (Fsp3) is 0.571. The molecule has 41 heavy (non-hydrogen) atoms. The second-order valence-electron chi connectivity index (χ2n) is 10.5. The average Bonchev–Trinajstić information content (AvgIpc) is 3.53. The van der Waals surface area contributed by atoms with Crippen LogP contribution < -0.4 is 5.32 Å². The number of aromatic nitrogens is 3. The minimum atomic E-state index is -1.21. The number of ether oxygens (including phenoxy) is 4. The van der Waals surface area contributed by atoms with Crippen molar-refractivity contribution in [2.24, 2.45) is 0 Å². The molecule has 0 spiro atoms. The van der Waals surface area contributed by atoms with Gasteiger partial charge in [0.25, 0.3) is 0 Å². The van der Waals surface area contributed by atoms with E-state index in [2.05, 4.69) is 5.32 Å². The number of amides is 1. The first kappa shape index (κ1) is 30.4. The van der Waals surface area contributed by atoms with Crippen LogP contribution in [0.4, 0.5) is 0 Å². The predicted octanol–water partition coefficient (Wildman–Crippen LogP) is 3.33. The van der Waals surface area contributed by atoms with E-state index in [0.717, 1.165) is 36.8 Å². The zero-order chi connectivity index (χ0) is 29.8. The summed E-state index contributed by atoms with van der Waals surface area (Å²) in [7, 11) is 0. The number of nitrogens with one attached hydrogen (secondary N) is 1. The summed E-state index contributed by atoms with van der Waals surface area (Å²) in [5, 5.41) is 7.70. The van der Waals surface area contributed by atoms with Crippen molar-refractivity contribution < 1.29 is 38.1 Å². The van der Waals surface area contributed by atoms with Crippen LogP contribution in [-0.2, 0) is 38.1 Å². The third kappa shape index (κ3) is 7.02. The van der Waals surface area contributed by atoms with E-state index in [0.29, 0.717) is 10.6 Å². The Bertz CT molecular complexity index is 1350. The third-order valence-electron chi connectivity index (χ3n) is 7.16.